The molecule has 0 atom stereocenters. The van der Waals surface area contributed by atoms with E-state index in [0.29, 0.717) is 0 Å². The first-order chi connectivity index (χ1) is 4.95. The Kier molecular flexibility index (Phi) is 3.23. The normalized spacial score (nSPS) is 11.0. The number of primary amides is 1. The molecule has 0 heterocycles. The molecule has 4 nitrogen and oxygen atoms in total. The summed E-state index contributed by atoms with van der Waals surface area (Å²) in [5.41, 5.74) is 4.56. The van der Waals surface area contributed by atoms with Crippen LogP contribution in [0.15, 0.2) is 12.0 Å². The van der Waals surface area contributed by atoms with Crippen molar-refractivity contribution in [1.82, 2.24) is 4.90 Å². The summed E-state index contributed by atoms with van der Waals surface area (Å²) in [5.74, 6) is -2.69. The molecule has 0 saturated carbocycles. The minimum atomic E-state index is -1.18. The van der Waals surface area contributed by atoms with Crippen molar-refractivity contribution in [3.8, 4) is 0 Å². The maximum atomic E-state index is 12.3. The number of hydrogen-bond donors (Lipinski definition) is 1. The van der Waals surface area contributed by atoms with Gasteiger partial charge < -0.3 is 10.6 Å². The van der Waals surface area contributed by atoms with Crippen LogP contribution in [0.1, 0.15) is 6.92 Å². The highest BCUT2D eigenvalue weighted by atomic mass is 19.1. The van der Waals surface area contributed by atoms with E-state index >= 15 is 0 Å². The molecule has 0 radical (unpaired) electrons. The molecule has 0 aliphatic heterocycles. The number of nitrogens with zero attached hydrogens (tertiary/aromatic N) is 1. The minimum Gasteiger partial charge on any atom is -0.364 e. The van der Waals surface area contributed by atoms with Crippen LogP contribution in [0.25, 0.3) is 0 Å². The number of rotatable bonds is 2. The van der Waals surface area contributed by atoms with Crippen LogP contribution in [0.3, 0.4) is 0 Å². The SMILES string of the molecule is CC(=O)N(C)/C=C(/F)C(N)=O. The van der Waals surface area contributed by atoms with Gasteiger partial charge in [-0.25, -0.2) is 0 Å². The van der Waals surface area contributed by atoms with Crippen molar-refractivity contribution in [3.05, 3.63) is 12.0 Å². The van der Waals surface area contributed by atoms with Crippen LogP contribution in [0.2, 0.25) is 0 Å². The van der Waals surface area contributed by atoms with Crippen molar-refractivity contribution in [1.29, 1.82) is 0 Å². The molecule has 5 heteroatoms. The van der Waals surface area contributed by atoms with Gasteiger partial charge >= 0.3 is 0 Å². The molecule has 0 fully saturated rings. The molecular formula is C6H9FN2O2. The van der Waals surface area contributed by atoms with E-state index in [1.165, 1.54) is 14.0 Å². The maximum Gasteiger partial charge on any atom is 0.278 e. The Labute approximate surface area is 63.5 Å². The Bertz CT molecular complexity index is 213. The molecule has 0 aliphatic carbocycles. The molecule has 0 unspecified atom stereocenters. The van der Waals surface area contributed by atoms with Gasteiger partial charge in [0, 0.05) is 20.2 Å². The third-order valence-electron chi connectivity index (χ3n) is 1.04. The molecule has 11 heavy (non-hydrogen) atoms. The fourth-order valence-corrected chi connectivity index (χ4v) is 0.325. The van der Waals surface area contributed by atoms with Gasteiger partial charge in [0.15, 0.2) is 0 Å². The molecular weight excluding hydrogens is 151 g/mol. The van der Waals surface area contributed by atoms with Crippen LogP contribution < -0.4 is 5.73 Å². The van der Waals surface area contributed by atoms with Crippen molar-refractivity contribution in [2.24, 2.45) is 5.73 Å². The predicted octanol–water partition coefficient (Wildman–Crippen LogP) is -0.239. The number of hydrogen-bond acceptors (Lipinski definition) is 2. The summed E-state index contributed by atoms with van der Waals surface area (Å²) in [5, 5.41) is 0. The second kappa shape index (κ2) is 3.70. The van der Waals surface area contributed by atoms with Gasteiger partial charge in [0.25, 0.3) is 5.91 Å². The summed E-state index contributed by atoms with van der Waals surface area (Å²) in [7, 11) is 1.32. The van der Waals surface area contributed by atoms with Crippen LogP contribution in [-0.4, -0.2) is 23.8 Å². The molecule has 0 aromatic rings. The van der Waals surface area contributed by atoms with Gasteiger partial charge in [-0.15, -0.1) is 0 Å². The maximum absolute atomic E-state index is 12.3. The van der Waals surface area contributed by atoms with Gasteiger partial charge in [0.2, 0.25) is 11.7 Å². The average molecular weight is 160 g/mol. The van der Waals surface area contributed by atoms with Gasteiger partial charge in [-0.05, 0) is 0 Å². The second-order valence-corrected chi connectivity index (χ2v) is 1.97. The van der Waals surface area contributed by atoms with Crippen molar-refractivity contribution >= 4 is 11.8 Å². The van der Waals surface area contributed by atoms with E-state index in [1.54, 1.807) is 0 Å². The molecule has 62 valence electrons. The summed E-state index contributed by atoms with van der Waals surface area (Å²) in [6.45, 7) is 1.24. The van der Waals surface area contributed by atoms with Crippen LogP contribution in [0, 0.1) is 0 Å². The molecule has 0 aliphatic rings. The van der Waals surface area contributed by atoms with Crippen LogP contribution in [0.4, 0.5) is 4.39 Å². The predicted molar refractivity (Wildman–Crippen MR) is 36.8 cm³/mol. The Morgan fingerprint density at radius 3 is 2.27 bits per heavy atom. The van der Waals surface area contributed by atoms with Crippen LogP contribution >= 0.6 is 0 Å². The van der Waals surface area contributed by atoms with E-state index < -0.39 is 11.7 Å². The average Bonchev–Trinajstić information content (AvgIpc) is 1.87. The van der Waals surface area contributed by atoms with Gasteiger partial charge in [-0.3, -0.25) is 9.59 Å². The molecule has 0 spiro atoms. The van der Waals surface area contributed by atoms with E-state index in [-0.39, 0.29) is 5.91 Å². The number of nitrogens with two attached hydrogens (primary N) is 1. The topological polar surface area (TPSA) is 63.4 Å². The molecule has 0 aromatic carbocycles. The Morgan fingerprint density at radius 2 is 2.00 bits per heavy atom. The quantitative estimate of drug-likeness (QED) is 0.566. The fourth-order valence-electron chi connectivity index (χ4n) is 0.325. The summed E-state index contributed by atoms with van der Waals surface area (Å²) in [4.78, 5) is 21.5. The lowest BCUT2D eigenvalue weighted by molar-refractivity contribution is -0.125. The number of carbonyl (C=O) groups excluding carboxylic acids is 2. The first-order valence-corrected chi connectivity index (χ1v) is 2.85. The zero-order chi connectivity index (χ0) is 9.02. The summed E-state index contributed by atoms with van der Waals surface area (Å²) >= 11 is 0. The highest BCUT2D eigenvalue weighted by Gasteiger charge is 2.05. The summed E-state index contributed by atoms with van der Waals surface area (Å²) in [6.07, 6.45) is 0.741. The van der Waals surface area contributed by atoms with Crippen molar-refractivity contribution in [3.63, 3.8) is 0 Å². The Balaban J connectivity index is 4.31. The monoisotopic (exact) mass is 160 g/mol. The lowest BCUT2D eigenvalue weighted by Gasteiger charge is -2.06. The van der Waals surface area contributed by atoms with E-state index in [0.717, 1.165) is 11.1 Å². The van der Waals surface area contributed by atoms with Crippen LogP contribution in [-0.2, 0) is 9.59 Å². The zero-order valence-corrected chi connectivity index (χ0v) is 6.30. The lowest BCUT2D eigenvalue weighted by Crippen LogP contribution is -2.20. The van der Waals surface area contributed by atoms with Crippen molar-refractivity contribution in [2.45, 2.75) is 6.92 Å². The molecule has 2 N–H and O–H groups in total. The smallest absolute Gasteiger partial charge is 0.278 e. The Morgan fingerprint density at radius 1 is 1.55 bits per heavy atom. The first-order valence-electron chi connectivity index (χ1n) is 2.85. The summed E-state index contributed by atoms with van der Waals surface area (Å²) < 4.78 is 12.3. The van der Waals surface area contributed by atoms with E-state index in [1.807, 2.05) is 0 Å². The number of carbonyl (C=O) groups is 2. The number of amides is 2. The summed E-state index contributed by atoms with van der Waals surface area (Å²) in [6, 6.07) is 0. The minimum absolute atomic E-state index is 0.374. The molecule has 0 aromatic heterocycles. The van der Waals surface area contributed by atoms with E-state index in [4.69, 9.17) is 0 Å². The van der Waals surface area contributed by atoms with Gasteiger partial charge in [0.1, 0.15) is 0 Å². The molecule has 0 bridgehead atoms. The van der Waals surface area contributed by atoms with E-state index in [9.17, 15) is 14.0 Å². The van der Waals surface area contributed by atoms with Gasteiger partial charge in [-0.2, -0.15) is 4.39 Å². The Hall–Kier alpha value is -1.39. The molecule has 2 amide bonds. The van der Waals surface area contributed by atoms with Crippen LogP contribution in [0.5, 0.6) is 0 Å². The third-order valence-corrected chi connectivity index (χ3v) is 1.04. The fraction of sp³-hybridized carbons (Fsp3) is 0.333. The van der Waals surface area contributed by atoms with Gasteiger partial charge in [-0.1, -0.05) is 0 Å². The molecule has 0 rings (SSSR count). The highest BCUT2D eigenvalue weighted by Crippen LogP contribution is 1.96. The largest absolute Gasteiger partial charge is 0.364 e. The molecule has 0 saturated heterocycles. The highest BCUT2D eigenvalue weighted by molar-refractivity contribution is 5.90. The lowest BCUT2D eigenvalue weighted by atomic mass is 10.5. The number of halogens is 1. The van der Waals surface area contributed by atoms with Crippen molar-refractivity contribution < 1.29 is 14.0 Å². The van der Waals surface area contributed by atoms with Gasteiger partial charge in [0.05, 0.1) is 0 Å². The third kappa shape index (κ3) is 3.34. The zero-order valence-electron chi connectivity index (χ0n) is 6.30. The standard InChI is InChI=1S/C6H9FN2O2/c1-4(10)9(2)3-5(7)6(8)11/h3H,1-2H3,(H2,8,11)/b5-3+. The van der Waals surface area contributed by atoms with E-state index in [2.05, 4.69) is 5.73 Å². The first kappa shape index (κ1) is 9.61. The second-order valence-electron chi connectivity index (χ2n) is 1.97. The van der Waals surface area contributed by atoms with Crippen molar-refractivity contribution in [2.75, 3.05) is 7.05 Å².